The largest absolute Gasteiger partial charge is 0.453 e. The van der Waals surface area contributed by atoms with Crippen LogP contribution in [0.4, 0.5) is 19.0 Å². The van der Waals surface area contributed by atoms with Crippen molar-refractivity contribution in [2.45, 2.75) is 23.8 Å². The quantitative estimate of drug-likeness (QED) is 0.901. The molecule has 7 nitrogen and oxygen atoms in total. The first-order chi connectivity index (χ1) is 10.1. The van der Waals surface area contributed by atoms with E-state index in [-0.39, 0.29) is 18.0 Å². The van der Waals surface area contributed by atoms with Crippen molar-refractivity contribution in [2.75, 3.05) is 18.1 Å². The molecule has 0 aliphatic heterocycles. The first-order valence-corrected chi connectivity index (χ1v) is 8.25. The minimum absolute atomic E-state index is 0.0397. The third-order valence-electron chi connectivity index (χ3n) is 3.70. The van der Waals surface area contributed by atoms with Gasteiger partial charge in [-0.15, -0.1) is 15.3 Å². The normalized spacial score (nSPS) is 17.6. The number of anilines is 1. The molecular formula is C11H12F3N5O2S. The van der Waals surface area contributed by atoms with Crippen molar-refractivity contribution in [3.63, 3.8) is 0 Å². The molecule has 1 aliphatic carbocycles. The Morgan fingerprint density at radius 3 is 2.55 bits per heavy atom. The Balaban J connectivity index is 1.87. The number of alkyl halides is 3. The molecule has 120 valence electrons. The summed E-state index contributed by atoms with van der Waals surface area (Å²) in [6, 6.07) is 2.76. The summed E-state index contributed by atoms with van der Waals surface area (Å²) in [7, 11) is -3.23. The molecule has 2 heterocycles. The van der Waals surface area contributed by atoms with Gasteiger partial charge in [0.25, 0.3) is 5.82 Å². The Hall–Kier alpha value is -1.91. The summed E-state index contributed by atoms with van der Waals surface area (Å²) in [5.41, 5.74) is -0.0397. The van der Waals surface area contributed by atoms with Crippen LogP contribution in [0.25, 0.3) is 5.65 Å². The number of fused-ring (bicyclic) bond motifs is 1. The van der Waals surface area contributed by atoms with E-state index in [9.17, 15) is 21.6 Å². The maximum absolute atomic E-state index is 12.8. The number of nitrogens with one attached hydrogen (secondary N) is 1. The van der Waals surface area contributed by atoms with Gasteiger partial charge < -0.3 is 5.32 Å². The van der Waals surface area contributed by atoms with Crippen LogP contribution < -0.4 is 5.32 Å². The minimum atomic E-state index is -4.67. The van der Waals surface area contributed by atoms with Crippen LogP contribution in [0.15, 0.2) is 12.1 Å². The Kier molecular flexibility index (Phi) is 3.10. The van der Waals surface area contributed by atoms with Crippen molar-refractivity contribution in [1.29, 1.82) is 0 Å². The molecule has 0 saturated heterocycles. The zero-order valence-electron chi connectivity index (χ0n) is 11.4. The van der Waals surface area contributed by atoms with Crippen LogP contribution in [0.1, 0.15) is 18.7 Å². The topological polar surface area (TPSA) is 89.2 Å². The van der Waals surface area contributed by atoms with E-state index in [1.54, 1.807) is 0 Å². The van der Waals surface area contributed by atoms with Gasteiger partial charge in [-0.25, -0.2) is 8.42 Å². The Labute approximate surface area is 123 Å². The van der Waals surface area contributed by atoms with Crippen LogP contribution in [0.2, 0.25) is 0 Å². The fourth-order valence-corrected chi connectivity index (χ4v) is 3.31. The van der Waals surface area contributed by atoms with Gasteiger partial charge in [-0.05, 0) is 25.0 Å². The molecule has 0 unspecified atom stereocenters. The van der Waals surface area contributed by atoms with E-state index in [0.29, 0.717) is 17.4 Å². The van der Waals surface area contributed by atoms with Crippen LogP contribution >= 0.6 is 0 Å². The van der Waals surface area contributed by atoms with Crippen molar-refractivity contribution in [2.24, 2.45) is 0 Å². The minimum Gasteiger partial charge on any atom is -0.367 e. The van der Waals surface area contributed by atoms with Gasteiger partial charge >= 0.3 is 6.18 Å². The third-order valence-corrected chi connectivity index (χ3v) is 5.83. The lowest BCUT2D eigenvalue weighted by Crippen LogP contribution is -2.30. The first-order valence-electron chi connectivity index (χ1n) is 6.36. The maximum Gasteiger partial charge on any atom is 0.453 e. The van der Waals surface area contributed by atoms with Gasteiger partial charge in [-0.3, -0.25) is 0 Å². The van der Waals surface area contributed by atoms with Gasteiger partial charge in [0.2, 0.25) is 0 Å². The van der Waals surface area contributed by atoms with Crippen LogP contribution in [0.5, 0.6) is 0 Å². The number of halogens is 3. The molecule has 0 spiro atoms. The molecule has 3 rings (SSSR count). The first kappa shape index (κ1) is 15.0. The van der Waals surface area contributed by atoms with E-state index >= 15 is 0 Å². The summed E-state index contributed by atoms with van der Waals surface area (Å²) in [6.07, 6.45) is -2.46. The van der Waals surface area contributed by atoms with Crippen molar-refractivity contribution in [3.05, 3.63) is 18.0 Å². The number of hydrogen-bond acceptors (Lipinski definition) is 6. The van der Waals surface area contributed by atoms with E-state index < -0.39 is 26.6 Å². The van der Waals surface area contributed by atoms with Crippen LogP contribution in [0, 0.1) is 0 Å². The lowest BCUT2D eigenvalue weighted by atomic mass is 10.4. The molecule has 1 saturated carbocycles. The summed E-state index contributed by atoms with van der Waals surface area (Å²) >= 11 is 0. The van der Waals surface area contributed by atoms with Gasteiger partial charge in [0.1, 0.15) is 5.82 Å². The van der Waals surface area contributed by atoms with Crippen molar-refractivity contribution >= 4 is 21.3 Å². The van der Waals surface area contributed by atoms with Gasteiger partial charge in [0, 0.05) is 12.8 Å². The number of nitrogens with zero attached hydrogens (tertiary/aromatic N) is 4. The second-order valence-electron chi connectivity index (χ2n) is 5.32. The Morgan fingerprint density at radius 2 is 2.00 bits per heavy atom. The SMILES string of the molecule is CS(=O)(=O)C1(CNc2ccc3nnc(C(F)(F)F)n3n2)CC1. The third kappa shape index (κ3) is 2.49. The number of sulfone groups is 1. The molecule has 0 bridgehead atoms. The number of rotatable bonds is 4. The highest BCUT2D eigenvalue weighted by atomic mass is 32.2. The zero-order valence-corrected chi connectivity index (χ0v) is 12.2. The number of aromatic nitrogens is 4. The average molecular weight is 335 g/mol. The second kappa shape index (κ2) is 4.54. The molecule has 0 aromatic carbocycles. The Bertz CT molecular complexity index is 826. The van der Waals surface area contributed by atoms with E-state index in [2.05, 4.69) is 20.6 Å². The van der Waals surface area contributed by atoms with E-state index in [1.165, 1.54) is 12.1 Å². The van der Waals surface area contributed by atoms with Gasteiger partial charge in [-0.1, -0.05) is 0 Å². The van der Waals surface area contributed by atoms with Crippen LogP contribution in [-0.4, -0.2) is 45.8 Å². The smallest absolute Gasteiger partial charge is 0.367 e. The zero-order chi connectivity index (χ0) is 16.2. The summed E-state index contributed by atoms with van der Waals surface area (Å²) in [5.74, 6) is -1.09. The van der Waals surface area contributed by atoms with E-state index in [1.807, 2.05) is 0 Å². The molecule has 0 radical (unpaired) electrons. The molecule has 1 N–H and O–H groups in total. The summed E-state index contributed by atoms with van der Waals surface area (Å²) in [4.78, 5) is 0. The fraction of sp³-hybridized carbons (Fsp3) is 0.545. The van der Waals surface area contributed by atoms with E-state index in [4.69, 9.17) is 0 Å². The summed E-state index contributed by atoms with van der Waals surface area (Å²) in [5, 5.41) is 13.0. The highest BCUT2D eigenvalue weighted by Gasteiger charge is 2.51. The molecule has 11 heteroatoms. The maximum atomic E-state index is 12.8. The average Bonchev–Trinajstić information content (AvgIpc) is 3.07. The van der Waals surface area contributed by atoms with Crippen molar-refractivity contribution < 1.29 is 21.6 Å². The summed E-state index contributed by atoms with van der Waals surface area (Å²) < 4.78 is 61.3. The lowest BCUT2D eigenvalue weighted by molar-refractivity contribution is -0.146. The van der Waals surface area contributed by atoms with Crippen molar-refractivity contribution in [3.8, 4) is 0 Å². The molecule has 22 heavy (non-hydrogen) atoms. The highest BCUT2D eigenvalue weighted by molar-refractivity contribution is 7.92. The Morgan fingerprint density at radius 1 is 1.32 bits per heavy atom. The van der Waals surface area contributed by atoms with Gasteiger partial charge in [0.05, 0.1) is 4.75 Å². The van der Waals surface area contributed by atoms with Gasteiger partial charge in [0.15, 0.2) is 15.5 Å². The van der Waals surface area contributed by atoms with Crippen molar-refractivity contribution in [1.82, 2.24) is 19.8 Å². The predicted octanol–water partition coefficient (Wildman–Crippen LogP) is 1.13. The molecule has 0 atom stereocenters. The number of hydrogen-bond donors (Lipinski definition) is 1. The molecular weight excluding hydrogens is 323 g/mol. The second-order valence-corrected chi connectivity index (χ2v) is 7.73. The standard InChI is InChI=1S/C11H12F3N5O2S/c1-22(20,21)10(4-5-10)6-15-7-2-3-8-16-17-9(11(12,13)14)19(8)18-7/h2-3H,4-6H2,1H3,(H,15,18). The molecule has 2 aromatic rings. The highest BCUT2D eigenvalue weighted by Crippen LogP contribution is 2.43. The predicted molar refractivity (Wildman–Crippen MR) is 71.1 cm³/mol. The molecule has 0 amide bonds. The van der Waals surface area contributed by atoms with E-state index in [0.717, 1.165) is 6.26 Å². The molecule has 2 aromatic heterocycles. The fourth-order valence-electron chi connectivity index (χ4n) is 2.13. The van der Waals surface area contributed by atoms with Crippen LogP contribution in [0.3, 0.4) is 0 Å². The van der Waals surface area contributed by atoms with Gasteiger partial charge in [-0.2, -0.15) is 17.7 Å². The monoisotopic (exact) mass is 335 g/mol. The van der Waals surface area contributed by atoms with Crippen LogP contribution in [-0.2, 0) is 16.0 Å². The summed E-state index contributed by atoms with van der Waals surface area (Å²) in [6.45, 7) is 0.105. The molecule has 1 fully saturated rings. The lowest BCUT2D eigenvalue weighted by Gasteiger charge is -2.14. The molecule has 1 aliphatic rings.